The Bertz CT molecular complexity index is 1110. The van der Waals surface area contributed by atoms with Crippen molar-refractivity contribution >= 4 is 12.0 Å². The maximum Gasteiger partial charge on any atom is 0.411 e. The lowest BCUT2D eigenvalue weighted by molar-refractivity contribution is -0.129. The first-order valence-electron chi connectivity index (χ1n) is 11.4. The first-order chi connectivity index (χ1) is 16.2. The summed E-state index contributed by atoms with van der Waals surface area (Å²) in [5.74, 6) is 0.121. The van der Waals surface area contributed by atoms with Gasteiger partial charge in [-0.15, -0.1) is 0 Å². The molecule has 0 spiro atoms. The van der Waals surface area contributed by atoms with E-state index in [0.717, 1.165) is 5.56 Å². The second-order valence-electron chi connectivity index (χ2n) is 9.29. The molecule has 1 fully saturated rings. The minimum Gasteiger partial charge on any atom is -0.485 e. The topological polar surface area (TPSA) is 112 Å². The highest BCUT2D eigenvalue weighted by molar-refractivity contribution is 5.86. The third-order valence-electron chi connectivity index (χ3n) is 6.51. The molecule has 2 heterocycles. The Balaban J connectivity index is 1.51. The Morgan fingerprint density at radius 2 is 2.00 bits per heavy atom. The zero-order valence-corrected chi connectivity index (χ0v) is 19.5. The van der Waals surface area contributed by atoms with E-state index in [2.05, 4.69) is 11.4 Å². The molecule has 178 valence electrons. The number of benzene rings is 2. The molecule has 0 bridgehead atoms. The quantitative estimate of drug-likeness (QED) is 0.716. The molecular formula is C26H29N3O5. The highest BCUT2D eigenvalue weighted by Gasteiger charge is 2.45. The summed E-state index contributed by atoms with van der Waals surface area (Å²) in [5.41, 5.74) is 0.838. The van der Waals surface area contributed by atoms with Gasteiger partial charge in [0.05, 0.1) is 17.7 Å². The van der Waals surface area contributed by atoms with Crippen molar-refractivity contribution in [2.24, 2.45) is 0 Å². The summed E-state index contributed by atoms with van der Waals surface area (Å²) in [5, 5.41) is 23.2. The summed E-state index contributed by atoms with van der Waals surface area (Å²) in [7, 11) is 0. The van der Waals surface area contributed by atoms with Crippen LogP contribution in [0.5, 0.6) is 5.75 Å². The first kappa shape index (κ1) is 23.6. The van der Waals surface area contributed by atoms with Gasteiger partial charge in [-0.3, -0.25) is 9.69 Å². The maximum atomic E-state index is 13.3. The van der Waals surface area contributed by atoms with E-state index >= 15 is 0 Å². The first-order valence-corrected chi connectivity index (χ1v) is 11.4. The van der Waals surface area contributed by atoms with Crippen LogP contribution >= 0.6 is 0 Å². The normalized spacial score (nSPS) is 23.7. The molecular weight excluding hydrogens is 434 g/mol. The number of fused-ring (bicyclic) bond motifs is 1. The smallest absolute Gasteiger partial charge is 0.411 e. The van der Waals surface area contributed by atoms with Gasteiger partial charge in [0, 0.05) is 12.1 Å². The van der Waals surface area contributed by atoms with Gasteiger partial charge in [0.2, 0.25) is 5.91 Å². The molecule has 3 unspecified atom stereocenters. The number of rotatable bonds is 4. The summed E-state index contributed by atoms with van der Waals surface area (Å²) in [6.07, 6.45) is -0.891. The number of carbonyl (C=O) groups is 2. The van der Waals surface area contributed by atoms with Gasteiger partial charge in [-0.05, 0) is 57.4 Å². The summed E-state index contributed by atoms with van der Waals surface area (Å²) in [4.78, 5) is 27.7. The lowest BCUT2D eigenvalue weighted by atomic mass is 9.85. The average molecular weight is 464 g/mol. The number of hydrogen-bond donors (Lipinski definition) is 2. The van der Waals surface area contributed by atoms with Crippen LogP contribution in [0.25, 0.3) is 0 Å². The Kier molecular flexibility index (Phi) is 6.49. The largest absolute Gasteiger partial charge is 0.485 e. The summed E-state index contributed by atoms with van der Waals surface area (Å²) >= 11 is 0. The molecule has 2 aliphatic rings. The molecule has 1 saturated heterocycles. The van der Waals surface area contributed by atoms with E-state index in [1.54, 1.807) is 39.0 Å². The van der Waals surface area contributed by atoms with Crippen LogP contribution in [0.3, 0.4) is 0 Å². The van der Waals surface area contributed by atoms with Gasteiger partial charge < -0.3 is 19.9 Å². The fraction of sp³-hybridized carbons (Fsp3) is 0.423. The molecule has 0 radical (unpaired) electrons. The highest BCUT2D eigenvalue weighted by Crippen LogP contribution is 2.40. The van der Waals surface area contributed by atoms with Gasteiger partial charge in [0.15, 0.2) is 0 Å². The van der Waals surface area contributed by atoms with Crippen LogP contribution in [0.2, 0.25) is 0 Å². The molecule has 2 aromatic rings. The maximum absolute atomic E-state index is 13.3. The molecule has 0 aliphatic carbocycles. The van der Waals surface area contributed by atoms with E-state index in [1.165, 1.54) is 4.90 Å². The minimum atomic E-state index is -1.06. The number of ether oxygens (including phenoxy) is 2. The molecule has 2 amide bonds. The fourth-order valence-electron chi connectivity index (χ4n) is 4.54. The van der Waals surface area contributed by atoms with E-state index in [0.29, 0.717) is 36.3 Å². The van der Waals surface area contributed by atoms with Crippen molar-refractivity contribution in [1.82, 2.24) is 10.2 Å². The predicted octanol–water partition coefficient (Wildman–Crippen LogP) is 3.61. The van der Waals surface area contributed by atoms with Crippen molar-refractivity contribution in [3.63, 3.8) is 0 Å². The number of likely N-dealkylation sites (tertiary alicyclic amines) is 1. The van der Waals surface area contributed by atoms with Crippen LogP contribution in [0.15, 0.2) is 48.5 Å². The second kappa shape index (κ2) is 9.35. The van der Waals surface area contributed by atoms with E-state index in [1.807, 2.05) is 30.3 Å². The zero-order chi connectivity index (χ0) is 24.5. The number of carbonyl (C=O) groups excluding carboxylic acids is 2. The Morgan fingerprint density at radius 3 is 2.71 bits per heavy atom. The van der Waals surface area contributed by atoms with Gasteiger partial charge in [-0.25, -0.2) is 4.79 Å². The van der Waals surface area contributed by atoms with Crippen LogP contribution < -0.4 is 10.1 Å². The molecule has 4 atom stereocenters. The van der Waals surface area contributed by atoms with Crippen LogP contribution in [-0.4, -0.2) is 46.3 Å². The molecule has 2 aliphatic heterocycles. The summed E-state index contributed by atoms with van der Waals surface area (Å²) in [6.45, 7) is 5.68. The summed E-state index contributed by atoms with van der Waals surface area (Å²) < 4.78 is 11.6. The lowest BCUT2D eigenvalue weighted by Crippen LogP contribution is -2.56. The van der Waals surface area contributed by atoms with Gasteiger partial charge in [0.25, 0.3) is 0 Å². The van der Waals surface area contributed by atoms with Crippen molar-refractivity contribution < 1.29 is 24.2 Å². The van der Waals surface area contributed by atoms with E-state index < -0.39 is 36.0 Å². The highest BCUT2D eigenvalue weighted by atomic mass is 16.6. The van der Waals surface area contributed by atoms with Crippen LogP contribution in [0.1, 0.15) is 62.4 Å². The average Bonchev–Trinajstić information content (AvgIpc) is 3.32. The Labute approximate surface area is 199 Å². The lowest BCUT2D eigenvalue weighted by Gasteiger charge is -2.42. The van der Waals surface area contributed by atoms with E-state index in [-0.39, 0.29) is 5.91 Å². The third-order valence-corrected chi connectivity index (χ3v) is 6.51. The standard InChI is InChI=1S/C26H29N3O5/c1-16(18-8-5-4-6-9-18)33-25(32)29-13-7-10-20(29)24(31)28-22-19-14-17(15-27)11-12-21(19)34-26(2,3)23(22)30/h4-6,8-9,11-12,14,16,20,22-23,30H,7,10,13H2,1-3H3,(H,28,31)/t16?,20-,22?,23?/m0/s1. The molecule has 2 aromatic carbocycles. The van der Waals surface area contributed by atoms with Gasteiger partial charge >= 0.3 is 6.09 Å². The molecule has 0 aromatic heterocycles. The summed E-state index contributed by atoms with van der Waals surface area (Å²) in [6, 6.07) is 14.9. The van der Waals surface area contributed by atoms with Gasteiger partial charge in [-0.2, -0.15) is 5.26 Å². The Morgan fingerprint density at radius 1 is 1.26 bits per heavy atom. The monoisotopic (exact) mass is 463 g/mol. The van der Waals surface area contributed by atoms with Crippen molar-refractivity contribution in [2.75, 3.05) is 6.54 Å². The molecule has 2 N–H and O–H groups in total. The molecule has 8 heteroatoms. The number of nitrogens with one attached hydrogen (secondary N) is 1. The molecule has 8 nitrogen and oxygen atoms in total. The molecule has 0 saturated carbocycles. The van der Waals surface area contributed by atoms with E-state index in [9.17, 15) is 20.0 Å². The number of nitrogens with zero attached hydrogens (tertiary/aromatic N) is 2. The molecule has 4 rings (SSSR count). The SMILES string of the molecule is CC(OC(=O)N1CCC[C@H]1C(=O)NC1c2cc(C#N)ccc2OC(C)(C)C1O)c1ccccc1. The van der Waals surface area contributed by atoms with Gasteiger partial charge in [0.1, 0.15) is 29.6 Å². The minimum absolute atomic E-state index is 0.378. The van der Waals surface area contributed by atoms with Crippen molar-refractivity contribution in [3.05, 3.63) is 65.2 Å². The number of amides is 2. The van der Waals surface area contributed by atoms with Gasteiger partial charge in [-0.1, -0.05) is 30.3 Å². The van der Waals surface area contributed by atoms with Crippen molar-refractivity contribution in [3.8, 4) is 11.8 Å². The number of hydrogen-bond acceptors (Lipinski definition) is 6. The van der Waals surface area contributed by atoms with Crippen LogP contribution in [0, 0.1) is 11.3 Å². The van der Waals surface area contributed by atoms with Crippen LogP contribution in [-0.2, 0) is 9.53 Å². The number of aliphatic hydroxyl groups excluding tert-OH is 1. The third kappa shape index (κ3) is 4.57. The van der Waals surface area contributed by atoms with Crippen molar-refractivity contribution in [1.29, 1.82) is 5.26 Å². The number of aliphatic hydroxyl groups is 1. The van der Waals surface area contributed by atoms with Crippen molar-refractivity contribution in [2.45, 2.75) is 63.5 Å². The molecule has 34 heavy (non-hydrogen) atoms. The predicted molar refractivity (Wildman–Crippen MR) is 124 cm³/mol. The number of nitriles is 1. The van der Waals surface area contributed by atoms with E-state index in [4.69, 9.17) is 9.47 Å². The fourth-order valence-corrected chi connectivity index (χ4v) is 4.54. The van der Waals surface area contributed by atoms with Crippen LogP contribution in [0.4, 0.5) is 4.79 Å². The Hall–Kier alpha value is -3.57. The zero-order valence-electron chi connectivity index (χ0n) is 19.5. The second-order valence-corrected chi connectivity index (χ2v) is 9.29.